The van der Waals surface area contributed by atoms with Gasteiger partial charge in [-0.05, 0) is 13.3 Å². The third kappa shape index (κ3) is 6.82. The van der Waals surface area contributed by atoms with Crippen LogP contribution in [0.25, 0.3) is 0 Å². The molecule has 0 aliphatic carbocycles. The van der Waals surface area contributed by atoms with Crippen molar-refractivity contribution in [3.63, 3.8) is 0 Å². The third-order valence-electron chi connectivity index (χ3n) is 1.68. The van der Waals surface area contributed by atoms with E-state index in [1.807, 2.05) is 0 Å². The predicted octanol–water partition coefficient (Wildman–Crippen LogP) is -0.497. The lowest BCUT2D eigenvalue weighted by Crippen LogP contribution is -2.36. The molecule has 0 saturated heterocycles. The molecule has 0 radical (unpaired) electrons. The van der Waals surface area contributed by atoms with E-state index in [2.05, 4.69) is 5.32 Å². The summed E-state index contributed by atoms with van der Waals surface area (Å²) in [7, 11) is 1.63. The van der Waals surface area contributed by atoms with Gasteiger partial charge in [0.15, 0.2) is 0 Å². The minimum atomic E-state index is -0.430. The second-order valence-electron chi connectivity index (χ2n) is 2.94. The molecule has 0 aromatic carbocycles. The monoisotopic (exact) mass is 204 g/mol. The zero-order chi connectivity index (χ0) is 10.8. The highest BCUT2D eigenvalue weighted by Crippen LogP contribution is 1.89. The number of ether oxygens (including phenoxy) is 2. The number of hydrogen-bond acceptors (Lipinski definition) is 4. The van der Waals surface area contributed by atoms with E-state index < -0.39 is 6.10 Å². The van der Waals surface area contributed by atoms with Gasteiger partial charge in [0.2, 0.25) is 5.91 Å². The molecule has 5 nitrogen and oxygen atoms in total. The molecule has 1 atom stereocenters. The van der Waals surface area contributed by atoms with E-state index in [0.29, 0.717) is 26.3 Å². The number of nitrogens with one attached hydrogen (secondary N) is 1. The van der Waals surface area contributed by atoms with Crippen LogP contribution in [0.5, 0.6) is 0 Å². The Kier molecular flexibility index (Phi) is 8.51. The van der Waals surface area contributed by atoms with Crippen LogP contribution in [0.15, 0.2) is 0 Å². The van der Waals surface area contributed by atoms with Crippen LogP contribution in [0.2, 0.25) is 0 Å². The summed E-state index contributed by atoms with van der Waals surface area (Å²) in [6.07, 6.45) is 0.382. The van der Waals surface area contributed by atoms with Crippen molar-refractivity contribution >= 4 is 5.91 Å². The number of methoxy groups -OCH3 is 1. The first-order valence-electron chi connectivity index (χ1n) is 4.80. The van der Waals surface area contributed by atoms with Gasteiger partial charge in [0.05, 0.1) is 6.61 Å². The zero-order valence-corrected chi connectivity index (χ0v) is 8.91. The summed E-state index contributed by atoms with van der Waals surface area (Å²) in [5, 5.41) is 2.74. The molecule has 0 aromatic rings. The number of nitrogens with two attached hydrogens (primary N) is 1. The van der Waals surface area contributed by atoms with Gasteiger partial charge in [-0.15, -0.1) is 0 Å². The van der Waals surface area contributed by atoms with E-state index in [0.717, 1.165) is 6.42 Å². The van der Waals surface area contributed by atoms with Gasteiger partial charge in [-0.25, -0.2) is 0 Å². The van der Waals surface area contributed by atoms with Gasteiger partial charge >= 0.3 is 0 Å². The van der Waals surface area contributed by atoms with Gasteiger partial charge in [0.1, 0.15) is 6.10 Å². The van der Waals surface area contributed by atoms with Crippen molar-refractivity contribution in [3.05, 3.63) is 0 Å². The zero-order valence-electron chi connectivity index (χ0n) is 8.91. The normalized spacial score (nSPS) is 12.5. The molecule has 0 aliphatic heterocycles. The Bertz CT molecular complexity index is 153. The van der Waals surface area contributed by atoms with Crippen molar-refractivity contribution in [3.8, 4) is 0 Å². The maximum atomic E-state index is 11.3. The molecule has 0 aromatic heterocycles. The van der Waals surface area contributed by atoms with Crippen molar-refractivity contribution in [1.82, 2.24) is 5.32 Å². The first-order chi connectivity index (χ1) is 6.72. The van der Waals surface area contributed by atoms with Crippen molar-refractivity contribution in [1.29, 1.82) is 0 Å². The maximum absolute atomic E-state index is 11.3. The number of carbonyl (C=O) groups is 1. The molecule has 0 heterocycles. The number of carbonyl (C=O) groups excluding carboxylic acids is 1. The topological polar surface area (TPSA) is 73.6 Å². The summed E-state index contributed by atoms with van der Waals surface area (Å²) in [5.74, 6) is -0.102. The Morgan fingerprint density at radius 2 is 2.21 bits per heavy atom. The first kappa shape index (κ1) is 13.4. The fourth-order valence-corrected chi connectivity index (χ4v) is 0.892. The standard InChI is InChI=1S/C9H20N2O3/c1-8(14-7-4-10)9(12)11-5-3-6-13-2/h8H,3-7,10H2,1-2H3,(H,11,12). The van der Waals surface area contributed by atoms with Crippen LogP contribution in [-0.4, -0.2) is 45.4 Å². The summed E-state index contributed by atoms with van der Waals surface area (Å²) < 4.78 is 9.99. The van der Waals surface area contributed by atoms with E-state index in [1.165, 1.54) is 0 Å². The molecule has 0 saturated carbocycles. The molecule has 3 N–H and O–H groups in total. The Morgan fingerprint density at radius 3 is 2.79 bits per heavy atom. The van der Waals surface area contributed by atoms with Crippen molar-refractivity contribution < 1.29 is 14.3 Å². The fraction of sp³-hybridized carbons (Fsp3) is 0.889. The lowest BCUT2D eigenvalue weighted by Gasteiger charge is -2.12. The van der Waals surface area contributed by atoms with Crippen molar-refractivity contribution in [2.75, 3.05) is 33.4 Å². The Hall–Kier alpha value is -0.650. The van der Waals surface area contributed by atoms with Gasteiger partial charge in [-0.1, -0.05) is 0 Å². The molecule has 0 fully saturated rings. The van der Waals surface area contributed by atoms with E-state index >= 15 is 0 Å². The summed E-state index contributed by atoms with van der Waals surface area (Å²) in [5.41, 5.74) is 5.24. The van der Waals surface area contributed by atoms with Crippen LogP contribution in [0.1, 0.15) is 13.3 Å². The van der Waals surface area contributed by atoms with E-state index in [1.54, 1.807) is 14.0 Å². The fourth-order valence-electron chi connectivity index (χ4n) is 0.892. The second-order valence-corrected chi connectivity index (χ2v) is 2.94. The molecular weight excluding hydrogens is 184 g/mol. The Labute approximate surface area is 84.9 Å². The molecule has 0 aliphatic rings. The van der Waals surface area contributed by atoms with Gasteiger partial charge in [0, 0.05) is 26.8 Å². The highest BCUT2D eigenvalue weighted by Gasteiger charge is 2.11. The van der Waals surface area contributed by atoms with E-state index in [4.69, 9.17) is 15.2 Å². The lowest BCUT2D eigenvalue weighted by molar-refractivity contribution is -0.131. The van der Waals surface area contributed by atoms with Crippen LogP contribution in [0, 0.1) is 0 Å². The Morgan fingerprint density at radius 1 is 1.50 bits per heavy atom. The summed E-state index contributed by atoms with van der Waals surface area (Å²) in [4.78, 5) is 11.3. The van der Waals surface area contributed by atoms with Gasteiger partial charge < -0.3 is 20.5 Å². The van der Waals surface area contributed by atoms with Crippen LogP contribution in [-0.2, 0) is 14.3 Å². The molecule has 1 amide bonds. The smallest absolute Gasteiger partial charge is 0.248 e. The minimum absolute atomic E-state index is 0.102. The molecular formula is C9H20N2O3. The van der Waals surface area contributed by atoms with E-state index in [9.17, 15) is 4.79 Å². The summed E-state index contributed by atoms with van der Waals surface area (Å²) in [6, 6.07) is 0. The van der Waals surface area contributed by atoms with Crippen LogP contribution < -0.4 is 11.1 Å². The molecule has 5 heteroatoms. The van der Waals surface area contributed by atoms with Gasteiger partial charge in [-0.2, -0.15) is 0 Å². The quantitative estimate of drug-likeness (QED) is 0.523. The summed E-state index contributed by atoms with van der Waals surface area (Å²) >= 11 is 0. The van der Waals surface area contributed by atoms with Crippen molar-refractivity contribution in [2.45, 2.75) is 19.4 Å². The number of amides is 1. The average molecular weight is 204 g/mol. The molecule has 14 heavy (non-hydrogen) atoms. The van der Waals surface area contributed by atoms with E-state index in [-0.39, 0.29) is 5.91 Å². The Balaban J connectivity index is 3.42. The van der Waals surface area contributed by atoms with Crippen LogP contribution in [0.4, 0.5) is 0 Å². The summed E-state index contributed by atoms with van der Waals surface area (Å²) in [6.45, 7) is 3.82. The number of hydrogen-bond donors (Lipinski definition) is 2. The van der Waals surface area contributed by atoms with Crippen LogP contribution >= 0.6 is 0 Å². The molecule has 0 rings (SSSR count). The minimum Gasteiger partial charge on any atom is -0.385 e. The van der Waals surface area contributed by atoms with Crippen molar-refractivity contribution in [2.24, 2.45) is 5.73 Å². The SMILES string of the molecule is COCCCNC(=O)C(C)OCCN. The largest absolute Gasteiger partial charge is 0.385 e. The first-order valence-corrected chi connectivity index (χ1v) is 4.80. The third-order valence-corrected chi connectivity index (χ3v) is 1.68. The van der Waals surface area contributed by atoms with Gasteiger partial charge in [-0.3, -0.25) is 4.79 Å². The highest BCUT2D eigenvalue weighted by molar-refractivity contribution is 5.80. The predicted molar refractivity (Wildman–Crippen MR) is 54.0 cm³/mol. The highest BCUT2D eigenvalue weighted by atomic mass is 16.5. The number of rotatable bonds is 8. The second kappa shape index (κ2) is 8.93. The molecule has 84 valence electrons. The lowest BCUT2D eigenvalue weighted by atomic mass is 10.3. The van der Waals surface area contributed by atoms with Crippen LogP contribution in [0.3, 0.4) is 0 Å². The average Bonchev–Trinajstić information content (AvgIpc) is 2.20. The molecule has 0 bridgehead atoms. The molecule has 1 unspecified atom stereocenters. The van der Waals surface area contributed by atoms with Gasteiger partial charge in [0.25, 0.3) is 0 Å². The molecule has 0 spiro atoms. The maximum Gasteiger partial charge on any atom is 0.248 e.